The fourth-order valence-electron chi connectivity index (χ4n) is 2.12. The summed E-state index contributed by atoms with van der Waals surface area (Å²) in [6.45, 7) is 5.78. The van der Waals surface area contributed by atoms with E-state index in [1.165, 1.54) is 0 Å². The van der Waals surface area contributed by atoms with Crippen LogP contribution >= 0.6 is 0 Å². The fourth-order valence-corrected chi connectivity index (χ4v) is 2.12. The molecule has 1 aromatic heterocycles. The Morgan fingerprint density at radius 2 is 2.00 bits per heavy atom. The molecule has 1 N–H and O–H groups in total. The van der Waals surface area contributed by atoms with Crippen molar-refractivity contribution in [2.24, 2.45) is 12.1 Å². The van der Waals surface area contributed by atoms with Crippen LogP contribution in [0.25, 0.3) is 0 Å². The van der Waals surface area contributed by atoms with Crippen molar-refractivity contribution in [3.05, 3.63) is 46.8 Å². The molecule has 0 spiro atoms. The van der Waals surface area contributed by atoms with Crippen LogP contribution in [0.1, 0.15) is 22.4 Å². The number of carbonyl (C=O) groups excluding carboxylic acids is 1. The van der Waals surface area contributed by atoms with Gasteiger partial charge in [-0.1, -0.05) is 6.07 Å². The largest absolute Gasteiger partial charge is 0.484 e. The van der Waals surface area contributed by atoms with Crippen molar-refractivity contribution in [2.45, 2.75) is 20.8 Å². The third-order valence-electron chi connectivity index (χ3n) is 3.01. The van der Waals surface area contributed by atoms with E-state index in [1.54, 1.807) is 10.9 Å². The lowest BCUT2D eigenvalue weighted by molar-refractivity contribution is -0.123. The molecule has 6 heteroatoms. The lowest BCUT2D eigenvalue weighted by Gasteiger charge is -2.07. The molecule has 0 radical (unpaired) electrons. The van der Waals surface area contributed by atoms with Gasteiger partial charge in [-0.15, -0.1) is 0 Å². The number of hydrazone groups is 1. The predicted molar refractivity (Wildman–Crippen MR) is 85.1 cm³/mol. The summed E-state index contributed by atoms with van der Waals surface area (Å²) in [4.78, 5) is 11.7. The first-order valence-corrected chi connectivity index (χ1v) is 6.97. The van der Waals surface area contributed by atoms with Gasteiger partial charge in [-0.25, -0.2) is 5.43 Å². The second-order valence-electron chi connectivity index (χ2n) is 5.25. The zero-order valence-electron chi connectivity index (χ0n) is 13.3. The first kappa shape index (κ1) is 15.8. The molecule has 0 bridgehead atoms. The smallest absolute Gasteiger partial charge is 0.277 e. The van der Waals surface area contributed by atoms with Crippen molar-refractivity contribution in [1.29, 1.82) is 0 Å². The molecule has 0 saturated carbocycles. The summed E-state index contributed by atoms with van der Waals surface area (Å²) in [7, 11) is 1.83. The van der Waals surface area contributed by atoms with Crippen LogP contribution in [0.3, 0.4) is 0 Å². The molecular formula is C16H20N4O2. The average molecular weight is 300 g/mol. The molecular weight excluding hydrogens is 280 g/mol. The number of ether oxygens (including phenoxy) is 1. The molecule has 1 aromatic carbocycles. The van der Waals surface area contributed by atoms with Crippen molar-refractivity contribution in [2.75, 3.05) is 6.61 Å². The Kier molecular flexibility index (Phi) is 4.93. The van der Waals surface area contributed by atoms with E-state index < -0.39 is 0 Å². The summed E-state index contributed by atoms with van der Waals surface area (Å²) in [6, 6.07) is 5.83. The molecule has 0 unspecified atom stereocenters. The van der Waals surface area contributed by atoms with Gasteiger partial charge in [0.05, 0.1) is 11.9 Å². The van der Waals surface area contributed by atoms with E-state index in [2.05, 4.69) is 15.6 Å². The van der Waals surface area contributed by atoms with Gasteiger partial charge in [-0.3, -0.25) is 9.48 Å². The van der Waals surface area contributed by atoms with Crippen LogP contribution in [0.15, 0.2) is 29.5 Å². The van der Waals surface area contributed by atoms with Gasteiger partial charge in [0.25, 0.3) is 5.91 Å². The molecule has 2 aromatic rings. The molecule has 0 saturated heterocycles. The Bertz CT molecular complexity index is 684. The molecule has 0 atom stereocenters. The monoisotopic (exact) mass is 300 g/mol. The number of nitrogens with one attached hydrogen (secondary N) is 1. The summed E-state index contributed by atoms with van der Waals surface area (Å²) in [5.74, 6) is 0.372. The number of carbonyl (C=O) groups is 1. The quantitative estimate of drug-likeness (QED) is 0.677. The Labute approximate surface area is 129 Å². The highest BCUT2D eigenvalue weighted by molar-refractivity contribution is 5.83. The van der Waals surface area contributed by atoms with Crippen LogP contribution in [-0.2, 0) is 11.8 Å². The lowest BCUT2D eigenvalue weighted by Crippen LogP contribution is -2.24. The van der Waals surface area contributed by atoms with Gasteiger partial charge in [0.15, 0.2) is 6.61 Å². The van der Waals surface area contributed by atoms with Crippen molar-refractivity contribution >= 4 is 12.1 Å². The van der Waals surface area contributed by atoms with Gasteiger partial charge < -0.3 is 4.74 Å². The third-order valence-corrected chi connectivity index (χ3v) is 3.01. The normalized spacial score (nSPS) is 10.9. The van der Waals surface area contributed by atoms with Gasteiger partial charge in [0.1, 0.15) is 5.75 Å². The molecule has 0 aliphatic rings. The third kappa shape index (κ3) is 4.44. The number of aryl methyl sites for hydroxylation is 4. The number of hydrogen-bond donors (Lipinski definition) is 1. The Morgan fingerprint density at radius 1 is 1.32 bits per heavy atom. The van der Waals surface area contributed by atoms with Crippen molar-refractivity contribution in [3.63, 3.8) is 0 Å². The minimum atomic E-state index is -0.308. The summed E-state index contributed by atoms with van der Waals surface area (Å²) in [5, 5.41) is 8.09. The molecule has 6 nitrogen and oxygen atoms in total. The van der Waals surface area contributed by atoms with E-state index in [1.807, 2.05) is 52.2 Å². The van der Waals surface area contributed by atoms with Gasteiger partial charge in [-0.2, -0.15) is 10.2 Å². The predicted octanol–water partition coefficient (Wildman–Crippen LogP) is 1.87. The number of rotatable bonds is 5. The molecule has 22 heavy (non-hydrogen) atoms. The lowest BCUT2D eigenvalue weighted by atomic mass is 10.1. The molecule has 0 aliphatic carbocycles. The van der Waals surface area contributed by atoms with Gasteiger partial charge >= 0.3 is 0 Å². The minimum Gasteiger partial charge on any atom is -0.484 e. The van der Waals surface area contributed by atoms with Crippen molar-refractivity contribution in [1.82, 2.24) is 15.2 Å². The van der Waals surface area contributed by atoms with Gasteiger partial charge in [0, 0.05) is 18.8 Å². The number of nitrogens with zero attached hydrogens (tertiary/aromatic N) is 3. The molecule has 0 aliphatic heterocycles. The maximum Gasteiger partial charge on any atom is 0.277 e. The van der Waals surface area contributed by atoms with E-state index in [0.717, 1.165) is 22.4 Å². The molecule has 1 amide bonds. The molecule has 1 heterocycles. The molecule has 116 valence electrons. The van der Waals surface area contributed by atoms with Crippen LogP contribution in [0.2, 0.25) is 0 Å². The summed E-state index contributed by atoms with van der Waals surface area (Å²) >= 11 is 0. The number of amides is 1. The van der Waals surface area contributed by atoms with Crippen LogP contribution in [0.4, 0.5) is 0 Å². The van der Waals surface area contributed by atoms with E-state index >= 15 is 0 Å². The Morgan fingerprint density at radius 3 is 2.59 bits per heavy atom. The first-order chi connectivity index (χ1) is 10.4. The van der Waals surface area contributed by atoms with Crippen LogP contribution in [-0.4, -0.2) is 28.5 Å². The fraction of sp³-hybridized carbons (Fsp3) is 0.312. The van der Waals surface area contributed by atoms with Gasteiger partial charge in [-0.05, 0) is 44.0 Å². The topological polar surface area (TPSA) is 68.5 Å². The van der Waals surface area contributed by atoms with Crippen LogP contribution in [0.5, 0.6) is 5.75 Å². The van der Waals surface area contributed by atoms with Crippen LogP contribution < -0.4 is 10.2 Å². The van der Waals surface area contributed by atoms with Crippen LogP contribution in [0, 0.1) is 20.8 Å². The zero-order chi connectivity index (χ0) is 16.1. The highest BCUT2D eigenvalue weighted by Gasteiger charge is 2.03. The Balaban J connectivity index is 1.84. The summed E-state index contributed by atoms with van der Waals surface area (Å²) < 4.78 is 7.15. The number of aromatic nitrogens is 2. The van der Waals surface area contributed by atoms with Gasteiger partial charge in [0.2, 0.25) is 0 Å². The standard InChI is InChI=1S/C16H20N4O2/c1-11-5-12(2)7-15(6-11)22-10-16(21)18-17-8-14-9-20(4)19-13(14)3/h5-9H,10H2,1-4H3,(H,18,21)/b17-8+. The highest BCUT2D eigenvalue weighted by Crippen LogP contribution is 2.15. The second-order valence-corrected chi connectivity index (χ2v) is 5.25. The van der Waals surface area contributed by atoms with E-state index in [-0.39, 0.29) is 12.5 Å². The second kappa shape index (κ2) is 6.89. The summed E-state index contributed by atoms with van der Waals surface area (Å²) in [6.07, 6.45) is 3.40. The number of hydrogen-bond acceptors (Lipinski definition) is 4. The van der Waals surface area contributed by atoms with Crippen molar-refractivity contribution in [3.8, 4) is 5.75 Å². The maximum atomic E-state index is 11.7. The summed E-state index contributed by atoms with van der Waals surface area (Å²) in [5.41, 5.74) is 6.34. The van der Waals surface area contributed by atoms with E-state index in [4.69, 9.17) is 4.74 Å². The van der Waals surface area contributed by atoms with Crippen molar-refractivity contribution < 1.29 is 9.53 Å². The number of benzene rings is 1. The zero-order valence-corrected chi connectivity index (χ0v) is 13.3. The molecule has 2 rings (SSSR count). The average Bonchev–Trinajstić information content (AvgIpc) is 2.74. The Hall–Kier alpha value is -2.63. The van der Waals surface area contributed by atoms with E-state index in [0.29, 0.717) is 5.75 Å². The van der Waals surface area contributed by atoms with E-state index in [9.17, 15) is 4.79 Å². The minimum absolute atomic E-state index is 0.0771. The molecule has 0 fully saturated rings. The highest BCUT2D eigenvalue weighted by atomic mass is 16.5. The SMILES string of the molecule is Cc1cc(C)cc(OCC(=O)N/N=C/c2cn(C)nc2C)c1. The maximum absolute atomic E-state index is 11.7. The first-order valence-electron chi connectivity index (χ1n) is 6.97.